The molecule has 2 aromatic carbocycles. The van der Waals surface area contributed by atoms with Gasteiger partial charge in [0.2, 0.25) is 5.95 Å². The first-order valence-electron chi connectivity index (χ1n) is 10.5. The van der Waals surface area contributed by atoms with Gasteiger partial charge in [0.1, 0.15) is 24.0 Å². The van der Waals surface area contributed by atoms with Gasteiger partial charge in [-0.05, 0) is 40.6 Å². The maximum absolute atomic E-state index is 14.6. The van der Waals surface area contributed by atoms with Gasteiger partial charge in [-0.15, -0.1) is 10.2 Å². The van der Waals surface area contributed by atoms with Gasteiger partial charge in [0.05, 0.1) is 0 Å². The number of fused-ring (bicyclic) bond motifs is 5. The summed E-state index contributed by atoms with van der Waals surface area (Å²) in [6, 6.07) is 8.52. The summed E-state index contributed by atoms with van der Waals surface area (Å²) in [6.45, 7) is 0.253. The van der Waals surface area contributed by atoms with Gasteiger partial charge in [0, 0.05) is 46.2 Å². The highest BCUT2D eigenvalue weighted by Gasteiger charge is 2.49. The lowest BCUT2D eigenvalue weighted by atomic mass is 10.0. The lowest BCUT2D eigenvalue weighted by Gasteiger charge is -2.13. The van der Waals surface area contributed by atoms with Crippen molar-refractivity contribution >= 4 is 32.2 Å². The van der Waals surface area contributed by atoms with Crippen LogP contribution in [0, 0.1) is 5.82 Å². The highest BCUT2D eigenvalue weighted by molar-refractivity contribution is 8.06. The number of ether oxygens (including phenoxy) is 1. The van der Waals surface area contributed by atoms with Crippen molar-refractivity contribution < 1.29 is 17.5 Å². The van der Waals surface area contributed by atoms with Crippen molar-refractivity contribution in [2.75, 3.05) is 5.32 Å². The van der Waals surface area contributed by atoms with Crippen LogP contribution in [0.25, 0.3) is 27.6 Å². The zero-order valence-corrected chi connectivity index (χ0v) is 17.9. The minimum absolute atomic E-state index is 0.180. The summed E-state index contributed by atoms with van der Waals surface area (Å²) < 4.78 is 45.9. The molecule has 0 spiro atoms. The minimum atomic E-state index is -3.33. The quantitative estimate of drug-likeness (QED) is 0.494. The van der Waals surface area contributed by atoms with Crippen molar-refractivity contribution in [2.45, 2.75) is 25.0 Å². The molecule has 1 aliphatic carbocycles. The third-order valence-corrected chi connectivity index (χ3v) is 7.54. The van der Waals surface area contributed by atoms with Crippen LogP contribution in [0.1, 0.15) is 23.5 Å². The number of benzene rings is 2. The minimum Gasteiger partial charge on any atom is -0.489 e. The van der Waals surface area contributed by atoms with Crippen LogP contribution in [-0.2, 0) is 16.4 Å². The van der Waals surface area contributed by atoms with Gasteiger partial charge in [-0.3, -0.25) is 4.40 Å². The number of nitrogens with zero attached hydrogens (tertiary/aromatic N) is 4. The predicted molar refractivity (Wildman–Crippen MR) is 119 cm³/mol. The summed E-state index contributed by atoms with van der Waals surface area (Å²) in [5, 5.41) is 15.2. The lowest BCUT2D eigenvalue weighted by Crippen LogP contribution is -2.20. The molecule has 4 aromatic rings. The first-order chi connectivity index (χ1) is 16.0. The smallest absolute Gasteiger partial charge is 0.210 e. The summed E-state index contributed by atoms with van der Waals surface area (Å²) in [7, 11) is -3.33. The van der Waals surface area contributed by atoms with Crippen LogP contribution in [0.4, 0.5) is 10.3 Å². The molecule has 0 saturated heterocycles. The van der Waals surface area contributed by atoms with Crippen molar-refractivity contribution in [3.63, 3.8) is 0 Å². The zero-order chi connectivity index (χ0) is 22.3. The van der Waals surface area contributed by atoms with E-state index in [1.165, 1.54) is 23.2 Å². The second-order valence-electron chi connectivity index (χ2n) is 8.48. The molecule has 164 valence electrons. The predicted octanol–water partition coefficient (Wildman–Crippen LogP) is 1.70. The maximum atomic E-state index is 14.6. The van der Waals surface area contributed by atoms with Crippen molar-refractivity contribution in [1.82, 2.24) is 19.6 Å². The standard InChI is InChI=1S/C23H16FN5O3S/c24-18-3-4-19-21(15-6-20(15)32-19)17(18)8-26-23-25-7-16(22-28-27-11-29(22)23)12-1-2-13-9-33(30,31)10-14(13)5-12/h1-5,7,9-11,15,20H,6,8H2,(H,25,26)/t15-,20?/m0/s1. The van der Waals surface area contributed by atoms with Crippen LogP contribution in [0.15, 0.2) is 42.9 Å². The van der Waals surface area contributed by atoms with E-state index < -0.39 is 9.84 Å². The Morgan fingerprint density at radius 3 is 2.97 bits per heavy atom. The fourth-order valence-electron chi connectivity index (χ4n) is 4.74. The van der Waals surface area contributed by atoms with Crippen LogP contribution in [0.5, 0.6) is 5.75 Å². The summed E-state index contributed by atoms with van der Waals surface area (Å²) in [5.41, 5.74) is 3.58. The molecule has 2 aliphatic heterocycles. The molecular weight excluding hydrogens is 445 g/mol. The molecule has 1 fully saturated rings. The number of halogens is 1. The molecule has 33 heavy (non-hydrogen) atoms. The fraction of sp³-hybridized carbons (Fsp3) is 0.174. The molecule has 1 N–H and O–H groups in total. The van der Waals surface area contributed by atoms with Gasteiger partial charge in [-0.25, -0.2) is 17.8 Å². The first kappa shape index (κ1) is 18.8. The maximum Gasteiger partial charge on any atom is 0.210 e. The summed E-state index contributed by atoms with van der Waals surface area (Å²) in [4.78, 5) is 4.53. The number of anilines is 1. The Kier molecular flexibility index (Phi) is 3.63. The Morgan fingerprint density at radius 1 is 1.18 bits per heavy atom. The fourth-order valence-corrected chi connectivity index (χ4v) is 5.93. The molecule has 0 amide bonds. The number of aromatic nitrogens is 4. The molecule has 2 atom stereocenters. The van der Waals surface area contributed by atoms with E-state index >= 15 is 0 Å². The molecule has 0 radical (unpaired) electrons. The SMILES string of the molecule is O=S1(=O)C=c2ccc(-c3cnc(NCc4c(F)ccc5c4[C@H]4CC4O5)n4cnnc34)cc2=C1. The molecule has 1 saturated carbocycles. The monoisotopic (exact) mass is 461 g/mol. The van der Waals surface area contributed by atoms with Crippen molar-refractivity contribution in [3.05, 3.63) is 70.2 Å². The van der Waals surface area contributed by atoms with Crippen molar-refractivity contribution in [3.8, 4) is 16.9 Å². The van der Waals surface area contributed by atoms with E-state index in [2.05, 4.69) is 20.5 Å². The largest absolute Gasteiger partial charge is 0.489 e. The Morgan fingerprint density at radius 2 is 2.06 bits per heavy atom. The van der Waals surface area contributed by atoms with E-state index in [0.29, 0.717) is 33.2 Å². The summed E-state index contributed by atoms with van der Waals surface area (Å²) in [5.74, 6) is 1.25. The Balaban J connectivity index is 1.26. The Labute approximate surface area is 187 Å². The van der Waals surface area contributed by atoms with E-state index in [1.807, 2.05) is 6.07 Å². The van der Waals surface area contributed by atoms with Crippen LogP contribution < -0.4 is 20.5 Å². The van der Waals surface area contributed by atoms with E-state index in [1.54, 1.807) is 28.8 Å². The van der Waals surface area contributed by atoms with Crippen LogP contribution >= 0.6 is 0 Å². The van der Waals surface area contributed by atoms with Gasteiger partial charge in [-0.2, -0.15) is 0 Å². The molecule has 7 rings (SSSR count). The van der Waals surface area contributed by atoms with Gasteiger partial charge in [-0.1, -0.05) is 12.1 Å². The Bertz CT molecular complexity index is 1730. The highest BCUT2D eigenvalue weighted by atomic mass is 32.2. The Hall–Kier alpha value is -3.79. The molecular formula is C23H16FN5O3S. The van der Waals surface area contributed by atoms with E-state index in [9.17, 15) is 12.8 Å². The number of hydrogen-bond acceptors (Lipinski definition) is 7. The number of hydrogen-bond donors (Lipinski definition) is 1. The van der Waals surface area contributed by atoms with E-state index in [4.69, 9.17) is 4.74 Å². The first-order valence-corrected chi connectivity index (χ1v) is 12.1. The molecule has 10 heteroatoms. The van der Waals surface area contributed by atoms with Crippen LogP contribution in [-0.4, -0.2) is 34.1 Å². The van der Waals surface area contributed by atoms with Gasteiger partial charge in [0.25, 0.3) is 0 Å². The van der Waals surface area contributed by atoms with E-state index in [0.717, 1.165) is 23.3 Å². The van der Waals surface area contributed by atoms with E-state index in [-0.39, 0.29) is 24.4 Å². The van der Waals surface area contributed by atoms with Gasteiger partial charge >= 0.3 is 0 Å². The lowest BCUT2D eigenvalue weighted by molar-refractivity contribution is 0.318. The van der Waals surface area contributed by atoms with Gasteiger partial charge in [0.15, 0.2) is 15.5 Å². The third-order valence-electron chi connectivity index (χ3n) is 6.38. The van der Waals surface area contributed by atoms with Crippen LogP contribution in [0.2, 0.25) is 0 Å². The molecule has 0 bridgehead atoms. The molecule has 1 unspecified atom stereocenters. The van der Waals surface area contributed by atoms with Crippen molar-refractivity contribution in [1.29, 1.82) is 0 Å². The molecule has 2 aromatic heterocycles. The summed E-state index contributed by atoms with van der Waals surface area (Å²) >= 11 is 0. The molecule has 8 nitrogen and oxygen atoms in total. The number of sulfone groups is 1. The molecule has 4 heterocycles. The number of rotatable bonds is 4. The second-order valence-corrected chi connectivity index (χ2v) is 10.1. The van der Waals surface area contributed by atoms with Gasteiger partial charge < -0.3 is 10.1 Å². The second kappa shape index (κ2) is 6.38. The average molecular weight is 461 g/mol. The van der Waals surface area contributed by atoms with Crippen molar-refractivity contribution in [2.24, 2.45) is 0 Å². The van der Waals surface area contributed by atoms with Crippen LogP contribution in [0.3, 0.4) is 0 Å². The normalized spacial score (nSPS) is 20.9. The average Bonchev–Trinajstić information content (AvgIpc) is 3.11. The number of nitrogens with one attached hydrogen (secondary N) is 1. The zero-order valence-electron chi connectivity index (χ0n) is 17.1. The topological polar surface area (TPSA) is 98.5 Å². The highest BCUT2D eigenvalue weighted by Crippen LogP contribution is 2.55. The molecule has 3 aliphatic rings. The summed E-state index contributed by atoms with van der Waals surface area (Å²) in [6.07, 6.45) is 4.31. The third kappa shape index (κ3) is 2.87.